The number of hydrogen-bond acceptors (Lipinski definition) is 4. The van der Waals surface area contributed by atoms with Crippen LogP contribution in [-0.2, 0) is 0 Å². The molecule has 1 saturated carbocycles. The van der Waals surface area contributed by atoms with E-state index in [1.165, 1.54) is 35.1 Å². The first-order chi connectivity index (χ1) is 11.3. The molecule has 0 atom stereocenters. The van der Waals surface area contributed by atoms with Crippen LogP contribution in [0.5, 0.6) is 0 Å². The number of aromatic nitrogens is 3. The summed E-state index contributed by atoms with van der Waals surface area (Å²) >= 11 is 1.69. The van der Waals surface area contributed by atoms with Crippen molar-refractivity contribution in [1.82, 2.24) is 14.9 Å². The SMILES string of the molecule is Nn1c(SC2c3ccccc3-c3ccccc32)nnc1C1CC1. The van der Waals surface area contributed by atoms with E-state index in [1.807, 2.05) is 0 Å². The smallest absolute Gasteiger partial charge is 0.210 e. The lowest BCUT2D eigenvalue weighted by Crippen LogP contribution is -2.13. The molecule has 114 valence electrons. The number of nitrogens with two attached hydrogens (primary N) is 1. The topological polar surface area (TPSA) is 56.7 Å². The predicted molar refractivity (Wildman–Crippen MR) is 91.7 cm³/mol. The molecule has 0 aliphatic heterocycles. The average molecular weight is 320 g/mol. The molecule has 0 bridgehead atoms. The Morgan fingerprint density at radius 1 is 0.913 bits per heavy atom. The van der Waals surface area contributed by atoms with E-state index in [4.69, 9.17) is 5.84 Å². The van der Waals surface area contributed by atoms with Crippen molar-refractivity contribution < 1.29 is 0 Å². The highest BCUT2D eigenvalue weighted by Crippen LogP contribution is 2.52. The van der Waals surface area contributed by atoms with E-state index in [-0.39, 0.29) is 5.25 Å². The maximum absolute atomic E-state index is 6.23. The Bertz CT molecular complexity index is 852. The van der Waals surface area contributed by atoms with Crippen molar-refractivity contribution in [1.29, 1.82) is 0 Å². The van der Waals surface area contributed by atoms with Crippen molar-refractivity contribution in [2.24, 2.45) is 0 Å². The zero-order chi connectivity index (χ0) is 15.4. The van der Waals surface area contributed by atoms with Crippen LogP contribution >= 0.6 is 11.8 Å². The van der Waals surface area contributed by atoms with Gasteiger partial charge in [0.15, 0.2) is 5.82 Å². The van der Waals surface area contributed by atoms with E-state index in [0.29, 0.717) is 5.92 Å². The van der Waals surface area contributed by atoms with Crippen LogP contribution in [0.1, 0.15) is 41.0 Å². The minimum atomic E-state index is 0.223. The Kier molecular flexibility index (Phi) is 2.79. The molecule has 0 amide bonds. The summed E-state index contributed by atoms with van der Waals surface area (Å²) in [5.74, 6) is 7.66. The second-order valence-corrected chi connectivity index (χ2v) is 7.23. The summed E-state index contributed by atoms with van der Waals surface area (Å²) in [5, 5.41) is 9.65. The van der Waals surface area contributed by atoms with Crippen LogP contribution in [0.4, 0.5) is 0 Å². The quantitative estimate of drug-likeness (QED) is 0.747. The number of hydrogen-bond donors (Lipinski definition) is 1. The lowest BCUT2D eigenvalue weighted by molar-refractivity contribution is 0.788. The van der Waals surface area contributed by atoms with Gasteiger partial charge in [0, 0.05) is 5.92 Å². The number of fused-ring (bicyclic) bond motifs is 3. The second-order valence-electron chi connectivity index (χ2n) is 6.16. The fourth-order valence-corrected chi connectivity index (χ4v) is 4.50. The second kappa shape index (κ2) is 4.86. The molecule has 0 unspecified atom stereocenters. The third kappa shape index (κ3) is 2.00. The minimum absolute atomic E-state index is 0.223. The van der Waals surface area contributed by atoms with Gasteiger partial charge in [0.1, 0.15) is 0 Å². The summed E-state index contributed by atoms with van der Waals surface area (Å²) < 4.78 is 1.69. The van der Waals surface area contributed by atoms with Crippen LogP contribution in [0.15, 0.2) is 53.7 Å². The standard InChI is InChI=1S/C18H16N4S/c19-22-17(11-9-10-11)20-21-18(22)23-16-14-7-3-1-5-12(14)13-6-2-4-8-15(13)16/h1-8,11,16H,9-10,19H2. The molecule has 1 aromatic heterocycles. The Labute approximate surface area is 138 Å². The average Bonchev–Trinajstić information content (AvgIpc) is 3.30. The Morgan fingerprint density at radius 2 is 1.52 bits per heavy atom. The van der Waals surface area contributed by atoms with Gasteiger partial charge in [0.2, 0.25) is 5.16 Å². The third-order valence-corrected chi connectivity index (χ3v) is 5.87. The highest BCUT2D eigenvalue weighted by molar-refractivity contribution is 7.99. The van der Waals surface area contributed by atoms with Gasteiger partial charge in [-0.1, -0.05) is 60.3 Å². The van der Waals surface area contributed by atoms with Crippen LogP contribution in [0.2, 0.25) is 0 Å². The first kappa shape index (κ1) is 13.2. The maximum Gasteiger partial charge on any atom is 0.210 e. The van der Waals surface area contributed by atoms with Crippen LogP contribution in [0.25, 0.3) is 11.1 Å². The van der Waals surface area contributed by atoms with Crippen molar-refractivity contribution in [3.05, 3.63) is 65.5 Å². The molecule has 1 fully saturated rings. The fourth-order valence-electron chi connectivity index (χ4n) is 3.33. The van der Waals surface area contributed by atoms with Gasteiger partial charge in [-0.2, -0.15) is 0 Å². The fraction of sp³-hybridized carbons (Fsp3) is 0.222. The lowest BCUT2D eigenvalue weighted by Gasteiger charge is -2.12. The lowest BCUT2D eigenvalue weighted by atomic mass is 10.1. The van der Waals surface area contributed by atoms with Crippen molar-refractivity contribution >= 4 is 11.8 Å². The molecule has 0 saturated heterocycles. The van der Waals surface area contributed by atoms with Gasteiger partial charge in [-0.05, 0) is 35.1 Å². The highest BCUT2D eigenvalue weighted by Gasteiger charge is 2.33. The van der Waals surface area contributed by atoms with Crippen molar-refractivity contribution in [2.75, 3.05) is 5.84 Å². The number of thioether (sulfide) groups is 1. The van der Waals surface area contributed by atoms with E-state index in [0.717, 1.165) is 11.0 Å². The third-order valence-electron chi connectivity index (χ3n) is 4.63. The monoisotopic (exact) mass is 320 g/mol. The molecule has 2 N–H and O–H groups in total. The Balaban J connectivity index is 1.58. The molecule has 3 aromatic rings. The molecule has 5 rings (SSSR count). The van der Waals surface area contributed by atoms with Crippen LogP contribution in [-0.4, -0.2) is 14.9 Å². The first-order valence-corrected chi connectivity index (χ1v) is 8.76. The first-order valence-electron chi connectivity index (χ1n) is 7.88. The van der Waals surface area contributed by atoms with Gasteiger partial charge in [-0.25, -0.2) is 4.68 Å². The summed E-state index contributed by atoms with van der Waals surface area (Å²) in [6.45, 7) is 0. The maximum atomic E-state index is 6.23. The number of rotatable bonds is 3. The molecule has 0 spiro atoms. The molecular formula is C18H16N4S. The molecule has 2 aromatic carbocycles. The molecule has 2 aliphatic carbocycles. The van der Waals surface area contributed by atoms with E-state index in [2.05, 4.69) is 58.7 Å². The highest BCUT2D eigenvalue weighted by atomic mass is 32.2. The van der Waals surface area contributed by atoms with Gasteiger partial charge >= 0.3 is 0 Å². The van der Waals surface area contributed by atoms with E-state index in [9.17, 15) is 0 Å². The molecule has 5 heteroatoms. The molecule has 4 nitrogen and oxygen atoms in total. The van der Waals surface area contributed by atoms with Gasteiger partial charge < -0.3 is 5.84 Å². The Hall–Kier alpha value is -2.27. The molecule has 23 heavy (non-hydrogen) atoms. The number of benzene rings is 2. The van der Waals surface area contributed by atoms with Crippen molar-refractivity contribution in [3.63, 3.8) is 0 Å². The van der Waals surface area contributed by atoms with Crippen LogP contribution in [0, 0.1) is 0 Å². The zero-order valence-electron chi connectivity index (χ0n) is 12.5. The van der Waals surface area contributed by atoms with Crippen molar-refractivity contribution in [2.45, 2.75) is 29.2 Å². The van der Waals surface area contributed by atoms with E-state index >= 15 is 0 Å². The van der Waals surface area contributed by atoms with E-state index < -0.39 is 0 Å². The van der Waals surface area contributed by atoms with Gasteiger partial charge in [-0.15, -0.1) is 10.2 Å². The summed E-state index contributed by atoms with van der Waals surface area (Å²) in [5.41, 5.74) is 5.28. The molecule has 0 radical (unpaired) electrons. The van der Waals surface area contributed by atoms with Gasteiger partial charge in [-0.3, -0.25) is 0 Å². The van der Waals surface area contributed by atoms with Gasteiger partial charge in [0.05, 0.1) is 5.25 Å². The normalized spacial score (nSPS) is 16.3. The predicted octanol–water partition coefficient (Wildman–Crippen LogP) is 3.73. The van der Waals surface area contributed by atoms with Crippen LogP contribution in [0.3, 0.4) is 0 Å². The van der Waals surface area contributed by atoms with Gasteiger partial charge in [0.25, 0.3) is 0 Å². The summed E-state index contributed by atoms with van der Waals surface area (Å²) in [7, 11) is 0. The van der Waals surface area contributed by atoms with Crippen LogP contribution < -0.4 is 5.84 Å². The molecular weight excluding hydrogens is 304 g/mol. The summed E-state index contributed by atoms with van der Waals surface area (Å²) in [6.07, 6.45) is 2.35. The number of nitrogen functional groups attached to an aromatic ring is 1. The summed E-state index contributed by atoms with van der Waals surface area (Å²) in [4.78, 5) is 0. The Morgan fingerprint density at radius 3 is 2.13 bits per heavy atom. The summed E-state index contributed by atoms with van der Waals surface area (Å²) in [6, 6.07) is 17.2. The minimum Gasteiger partial charge on any atom is -0.336 e. The number of nitrogens with zero attached hydrogens (tertiary/aromatic N) is 3. The largest absolute Gasteiger partial charge is 0.336 e. The van der Waals surface area contributed by atoms with E-state index in [1.54, 1.807) is 16.4 Å². The van der Waals surface area contributed by atoms with Crippen molar-refractivity contribution in [3.8, 4) is 11.1 Å². The molecule has 2 aliphatic rings. The zero-order valence-corrected chi connectivity index (χ0v) is 13.3. The molecule has 1 heterocycles.